The smallest absolute Gasteiger partial charge is 0.236 e. The Morgan fingerprint density at radius 3 is 2.62 bits per heavy atom. The van der Waals surface area contributed by atoms with Gasteiger partial charge in [0.25, 0.3) is 0 Å². The van der Waals surface area contributed by atoms with Crippen molar-refractivity contribution >= 4 is 5.91 Å². The number of rotatable bonds is 7. The average molecular weight is 364 g/mol. The first-order valence-corrected chi connectivity index (χ1v) is 10.2. The number of likely N-dealkylation sites (tertiary alicyclic amines) is 1. The number of piperidine rings is 1. The zero-order valence-electron chi connectivity index (χ0n) is 16.3. The van der Waals surface area contributed by atoms with Gasteiger partial charge >= 0.3 is 0 Å². The van der Waals surface area contributed by atoms with Gasteiger partial charge in [-0.3, -0.25) is 14.6 Å². The van der Waals surface area contributed by atoms with E-state index in [0.717, 1.165) is 77.3 Å². The van der Waals surface area contributed by atoms with Crippen molar-refractivity contribution in [3.8, 4) is 0 Å². The Kier molecular flexibility index (Phi) is 6.96. The molecule has 1 aromatic rings. The molecule has 2 fully saturated rings. The normalized spacial score (nSPS) is 22.7. The first-order valence-electron chi connectivity index (χ1n) is 10.2. The van der Waals surface area contributed by atoms with Gasteiger partial charge in [-0.15, -0.1) is 5.10 Å². The Labute approximate surface area is 156 Å². The second-order valence-corrected chi connectivity index (χ2v) is 7.66. The molecule has 0 spiro atoms. The predicted molar refractivity (Wildman–Crippen MR) is 99.5 cm³/mol. The summed E-state index contributed by atoms with van der Waals surface area (Å²) in [6, 6.07) is 0.402. The van der Waals surface area contributed by atoms with Crippen molar-refractivity contribution in [2.45, 2.75) is 65.1 Å². The molecule has 1 atom stereocenters. The maximum atomic E-state index is 12.6. The van der Waals surface area contributed by atoms with Gasteiger partial charge in [0.15, 0.2) is 5.82 Å². The van der Waals surface area contributed by atoms with E-state index in [1.807, 2.05) is 4.68 Å². The molecule has 0 saturated carbocycles. The number of unbranched alkanes of at least 4 members (excludes halogenated alkanes) is 1. The molecular formula is C18H33N7O. The van der Waals surface area contributed by atoms with E-state index in [9.17, 15) is 4.79 Å². The standard InChI is InChI=1S/C18H33N7O/c1-3-4-9-25-17(19-20-21-25)14-22-10-12-23(13-11-22)15-18(26)24-8-6-5-7-16(24)2/h16H,3-15H2,1-2H3. The van der Waals surface area contributed by atoms with E-state index in [2.05, 4.69) is 44.1 Å². The minimum Gasteiger partial charge on any atom is -0.339 e. The van der Waals surface area contributed by atoms with Gasteiger partial charge in [-0.05, 0) is 43.0 Å². The number of tetrazole rings is 1. The molecular weight excluding hydrogens is 330 g/mol. The van der Waals surface area contributed by atoms with E-state index in [0.29, 0.717) is 18.5 Å². The lowest BCUT2D eigenvalue weighted by Crippen LogP contribution is -2.52. The third kappa shape index (κ3) is 5.01. The average Bonchev–Trinajstić information content (AvgIpc) is 3.09. The molecule has 2 saturated heterocycles. The molecule has 0 N–H and O–H groups in total. The third-order valence-electron chi connectivity index (χ3n) is 5.64. The van der Waals surface area contributed by atoms with Gasteiger partial charge in [0.05, 0.1) is 13.1 Å². The summed E-state index contributed by atoms with van der Waals surface area (Å²) in [5.74, 6) is 1.25. The van der Waals surface area contributed by atoms with Gasteiger partial charge in [0.1, 0.15) is 0 Å². The van der Waals surface area contributed by atoms with Crippen LogP contribution in [0.4, 0.5) is 0 Å². The van der Waals surface area contributed by atoms with Crippen molar-refractivity contribution in [2.75, 3.05) is 39.3 Å². The third-order valence-corrected chi connectivity index (χ3v) is 5.64. The van der Waals surface area contributed by atoms with Crippen LogP contribution < -0.4 is 0 Å². The van der Waals surface area contributed by atoms with Crippen LogP contribution >= 0.6 is 0 Å². The van der Waals surface area contributed by atoms with Crippen molar-refractivity contribution in [2.24, 2.45) is 0 Å². The van der Waals surface area contributed by atoms with Crippen molar-refractivity contribution in [1.29, 1.82) is 0 Å². The van der Waals surface area contributed by atoms with E-state index in [1.165, 1.54) is 6.42 Å². The van der Waals surface area contributed by atoms with E-state index >= 15 is 0 Å². The summed E-state index contributed by atoms with van der Waals surface area (Å²) in [5.41, 5.74) is 0. The molecule has 146 valence electrons. The Hall–Kier alpha value is -1.54. The molecule has 0 radical (unpaired) electrons. The molecule has 2 aliphatic rings. The number of aromatic nitrogens is 4. The molecule has 1 amide bonds. The van der Waals surface area contributed by atoms with Crippen LogP contribution in [-0.4, -0.2) is 86.1 Å². The summed E-state index contributed by atoms with van der Waals surface area (Å²) < 4.78 is 1.93. The molecule has 1 unspecified atom stereocenters. The van der Waals surface area contributed by atoms with Crippen LogP contribution in [0, 0.1) is 0 Å². The highest BCUT2D eigenvalue weighted by Crippen LogP contribution is 2.17. The van der Waals surface area contributed by atoms with Crippen molar-refractivity contribution < 1.29 is 4.79 Å². The Morgan fingerprint density at radius 1 is 1.12 bits per heavy atom. The molecule has 0 aromatic carbocycles. The minimum atomic E-state index is 0.300. The summed E-state index contributed by atoms with van der Waals surface area (Å²) in [7, 11) is 0. The highest BCUT2D eigenvalue weighted by Gasteiger charge is 2.26. The maximum Gasteiger partial charge on any atom is 0.236 e. The SMILES string of the molecule is CCCCn1nnnc1CN1CCN(CC(=O)N2CCCCC2C)CC1. The molecule has 0 aliphatic carbocycles. The van der Waals surface area contributed by atoms with Crippen molar-refractivity contribution in [3.05, 3.63) is 5.82 Å². The summed E-state index contributed by atoms with van der Waals surface area (Å²) in [6.07, 6.45) is 5.79. The summed E-state index contributed by atoms with van der Waals surface area (Å²) in [6.45, 7) is 11.3. The maximum absolute atomic E-state index is 12.6. The van der Waals surface area contributed by atoms with Crippen LogP contribution in [-0.2, 0) is 17.9 Å². The number of amides is 1. The molecule has 2 aliphatic heterocycles. The van der Waals surface area contributed by atoms with Gasteiger partial charge in [-0.1, -0.05) is 13.3 Å². The van der Waals surface area contributed by atoms with Gasteiger partial charge in [0, 0.05) is 45.3 Å². The zero-order chi connectivity index (χ0) is 18.4. The number of nitrogens with zero attached hydrogens (tertiary/aromatic N) is 7. The Morgan fingerprint density at radius 2 is 1.88 bits per heavy atom. The van der Waals surface area contributed by atoms with Crippen molar-refractivity contribution in [3.63, 3.8) is 0 Å². The first kappa shape index (κ1) is 19.2. The molecule has 8 nitrogen and oxygen atoms in total. The minimum absolute atomic E-state index is 0.300. The lowest BCUT2D eigenvalue weighted by Gasteiger charge is -2.37. The van der Waals surface area contributed by atoms with Crippen LogP contribution in [0.1, 0.15) is 51.8 Å². The first-order chi connectivity index (χ1) is 12.7. The topological polar surface area (TPSA) is 70.4 Å². The number of hydrogen-bond donors (Lipinski definition) is 0. The van der Waals surface area contributed by atoms with Gasteiger partial charge in [0.2, 0.25) is 5.91 Å². The van der Waals surface area contributed by atoms with Crippen LogP contribution in [0.5, 0.6) is 0 Å². The Balaban J connectivity index is 1.43. The van der Waals surface area contributed by atoms with Gasteiger partial charge < -0.3 is 4.90 Å². The largest absolute Gasteiger partial charge is 0.339 e. The predicted octanol–water partition coefficient (Wildman–Crippen LogP) is 0.992. The van der Waals surface area contributed by atoms with Crippen LogP contribution in [0.15, 0.2) is 0 Å². The second-order valence-electron chi connectivity index (χ2n) is 7.66. The van der Waals surface area contributed by atoms with Gasteiger partial charge in [-0.25, -0.2) is 4.68 Å². The monoisotopic (exact) mass is 363 g/mol. The van der Waals surface area contributed by atoms with E-state index < -0.39 is 0 Å². The number of carbonyl (C=O) groups excluding carboxylic acids is 1. The fourth-order valence-corrected chi connectivity index (χ4v) is 3.87. The van der Waals surface area contributed by atoms with E-state index in [1.54, 1.807) is 0 Å². The lowest BCUT2D eigenvalue weighted by molar-refractivity contribution is -0.136. The summed E-state index contributed by atoms with van der Waals surface area (Å²) >= 11 is 0. The van der Waals surface area contributed by atoms with Gasteiger partial charge in [-0.2, -0.15) is 0 Å². The highest BCUT2D eigenvalue weighted by molar-refractivity contribution is 5.78. The number of aryl methyl sites for hydroxylation is 1. The quantitative estimate of drug-likeness (QED) is 0.720. The summed E-state index contributed by atoms with van der Waals surface area (Å²) in [4.78, 5) is 19.4. The lowest BCUT2D eigenvalue weighted by atomic mass is 10.0. The second kappa shape index (κ2) is 9.41. The molecule has 1 aromatic heterocycles. The van der Waals surface area contributed by atoms with Crippen molar-refractivity contribution in [1.82, 2.24) is 34.9 Å². The van der Waals surface area contributed by atoms with Crippen LogP contribution in [0.3, 0.4) is 0 Å². The summed E-state index contributed by atoms with van der Waals surface area (Å²) in [5, 5.41) is 12.1. The molecule has 3 heterocycles. The zero-order valence-corrected chi connectivity index (χ0v) is 16.3. The van der Waals surface area contributed by atoms with E-state index in [-0.39, 0.29) is 0 Å². The number of carbonyl (C=O) groups is 1. The highest BCUT2D eigenvalue weighted by atomic mass is 16.2. The Bertz CT molecular complexity index is 568. The fourth-order valence-electron chi connectivity index (χ4n) is 3.87. The van der Waals surface area contributed by atoms with E-state index in [4.69, 9.17) is 0 Å². The van der Waals surface area contributed by atoms with Crippen LogP contribution in [0.25, 0.3) is 0 Å². The molecule has 26 heavy (non-hydrogen) atoms. The molecule has 3 rings (SSSR count). The molecule has 8 heteroatoms. The number of piperazine rings is 1. The fraction of sp³-hybridized carbons (Fsp3) is 0.889. The number of hydrogen-bond acceptors (Lipinski definition) is 6. The molecule has 0 bridgehead atoms. The van der Waals surface area contributed by atoms with Crippen LogP contribution in [0.2, 0.25) is 0 Å².